The van der Waals surface area contributed by atoms with Crippen LogP contribution in [0.15, 0.2) is 0 Å². The Bertz CT molecular complexity index is 186. The van der Waals surface area contributed by atoms with Crippen LogP contribution in [0.1, 0.15) is 40.0 Å². The van der Waals surface area contributed by atoms with E-state index in [0.717, 1.165) is 19.3 Å². The Kier molecular flexibility index (Phi) is 2.45. The quantitative estimate of drug-likeness (QED) is 0.691. The molecule has 1 saturated carbocycles. The Balaban J connectivity index is 2.61. The van der Waals surface area contributed by atoms with Crippen molar-refractivity contribution in [3.63, 3.8) is 0 Å². The highest BCUT2D eigenvalue weighted by Crippen LogP contribution is 2.44. The molecule has 1 aliphatic rings. The molecule has 0 radical (unpaired) electrons. The molecule has 0 bridgehead atoms. The van der Waals surface area contributed by atoms with E-state index in [2.05, 4.69) is 13.8 Å². The summed E-state index contributed by atoms with van der Waals surface area (Å²) < 4.78 is 0. The molecule has 70 valence electrons. The monoisotopic (exact) mass is 170 g/mol. The molecule has 2 nitrogen and oxygen atoms in total. The maximum atomic E-state index is 10.9. The number of aliphatic carboxylic acids is 1. The summed E-state index contributed by atoms with van der Waals surface area (Å²) in [6.45, 7) is 6.23. The summed E-state index contributed by atoms with van der Waals surface area (Å²) in [6, 6.07) is 0. The van der Waals surface area contributed by atoms with Crippen molar-refractivity contribution in [2.45, 2.75) is 40.0 Å². The summed E-state index contributed by atoms with van der Waals surface area (Å²) in [5.74, 6) is 0.628. The molecule has 0 aromatic carbocycles. The van der Waals surface area contributed by atoms with Gasteiger partial charge in [-0.1, -0.05) is 13.8 Å². The molecule has 12 heavy (non-hydrogen) atoms. The van der Waals surface area contributed by atoms with Crippen LogP contribution in [0, 0.1) is 17.3 Å². The van der Waals surface area contributed by atoms with E-state index in [1.54, 1.807) is 0 Å². The average Bonchev–Trinajstić information content (AvgIpc) is 2.33. The maximum absolute atomic E-state index is 10.9. The van der Waals surface area contributed by atoms with E-state index in [9.17, 15) is 4.79 Å². The molecule has 2 heteroatoms. The second kappa shape index (κ2) is 3.08. The lowest BCUT2D eigenvalue weighted by Crippen LogP contribution is -2.24. The molecule has 0 saturated heterocycles. The van der Waals surface area contributed by atoms with Gasteiger partial charge in [0.25, 0.3) is 0 Å². The molecule has 0 aliphatic heterocycles. The van der Waals surface area contributed by atoms with Crippen molar-refractivity contribution in [2.24, 2.45) is 17.3 Å². The van der Waals surface area contributed by atoms with Gasteiger partial charge < -0.3 is 5.11 Å². The molecular formula is C10H18O2. The summed E-state index contributed by atoms with van der Waals surface area (Å²) in [6.07, 6.45) is 2.80. The van der Waals surface area contributed by atoms with Gasteiger partial charge in [0.05, 0.1) is 5.41 Å². The van der Waals surface area contributed by atoms with Crippen molar-refractivity contribution in [1.82, 2.24) is 0 Å². The first-order valence-electron chi connectivity index (χ1n) is 4.69. The minimum atomic E-state index is -0.620. The van der Waals surface area contributed by atoms with E-state index in [0.29, 0.717) is 11.8 Å². The highest BCUT2D eigenvalue weighted by molar-refractivity contribution is 5.74. The zero-order chi connectivity index (χ0) is 9.35. The van der Waals surface area contributed by atoms with Gasteiger partial charge in [-0.3, -0.25) is 4.79 Å². The standard InChI is InChI=1S/C10H18O2/c1-7(2)8-4-5-10(3,6-8)9(11)12/h7-8H,4-6H2,1-3H3,(H,11,12)/t8-,10+/m0/s1. The first kappa shape index (κ1) is 9.56. The molecule has 0 amide bonds. The molecule has 0 aromatic heterocycles. The molecule has 0 spiro atoms. The molecule has 0 heterocycles. The molecule has 2 atom stereocenters. The van der Waals surface area contributed by atoms with Crippen molar-refractivity contribution >= 4 is 5.97 Å². The van der Waals surface area contributed by atoms with Crippen LogP contribution in [0.5, 0.6) is 0 Å². The Morgan fingerprint density at radius 3 is 2.42 bits per heavy atom. The van der Waals surface area contributed by atoms with Gasteiger partial charge in [-0.25, -0.2) is 0 Å². The van der Waals surface area contributed by atoms with Gasteiger partial charge in [-0.15, -0.1) is 0 Å². The molecular weight excluding hydrogens is 152 g/mol. The fourth-order valence-electron chi connectivity index (χ4n) is 2.05. The predicted octanol–water partition coefficient (Wildman–Crippen LogP) is 2.53. The normalized spacial score (nSPS) is 35.8. The van der Waals surface area contributed by atoms with Crippen LogP contribution in [0.4, 0.5) is 0 Å². The van der Waals surface area contributed by atoms with Gasteiger partial charge in [-0.05, 0) is 38.0 Å². The lowest BCUT2D eigenvalue weighted by molar-refractivity contribution is -0.147. The number of rotatable bonds is 2. The van der Waals surface area contributed by atoms with Crippen molar-refractivity contribution in [3.8, 4) is 0 Å². The zero-order valence-corrected chi connectivity index (χ0v) is 8.13. The van der Waals surface area contributed by atoms with Crippen molar-refractivity contribution in [2.75, 3.05) is 0 Å². The summed E-state index contributed by atoms with van der Waals surface area (Å²) in [7, 11) is 0. The van der Waals surface area contributed by atoms with Gasteiger partial charge in [0, 0.05) is 0 Å². The maximum Gasteiger partial charge on any atom is 0.309 e. The molecule has 1 rings (SSSR count). The van der Waals surface area contributed by atoms with Crippen molar-refractivity contribution in [1.29, 1.82) is 0 Å². The Labute approximate surface area is 74.0 Å². The number of carboxylic acid groups (broad SMARTS) is 1. The van der Waals surface area contributed by atoms with Crippen LogP contribution in [0.2, 0.25) is 0 Å². The van der Waals surface area contributed by atoms with Crippen molar-refractivity contribution in [3.05, 3.63) is 0 Å². The van der Waals surface area contributed by atoms with E-state index in [1.165, 1.54) is 0 Å². The van der Waals surface area contributed by atoms with Crippen LogP contribution >= 0.6 is 0 Å². The zero-order valence-electron chi connectivity index (χ0n) is 8.13. The first-order chi connectivity index (χ1) is 5.46. The third-order valence-electron chi connectivity index (χ3n) is 3.24. The average molecular weight is 170 g/mol. The fraction of sp³-hybridized carbons (Fsp3) is 0.900. The van der Waals surface area contributed by atoms with E-state index in [-0.39, 0.29) is 0 Å². The second-order valence-electron chi connectivity index (χ2n) is 4.61. The van der Waals surface area contributed by atoms with Gasteiger partial charge in [0.15, 0.2) is 0 Å². The lowest BCUT2D eigenvalue weighted by Gasteiger charge is -2.19. The highest BCUT2D eigenvalue weighted by Gasteiger charge is 2.41. The van der Waals surface area contributed by atoms with E-state index < -0.39 is 11.4 Å². The summed E-state index contributed by atoms with van der Waals surface area (Å²) in [5, 5.41) is 8.97. The van der Waals surface area contributed by atoms with Crippen LogP contribution in [0.3, 0.4) is 0 Å². The van der Waals surface area contributed by atoms with Crippen LogP contribution in [-0.2, 0) is 4.79 Å². The summed E-state index contributed by atoms with van der Waals surface area (Å²) in [4.78, 5) is 10.9. The smallest absolute Gasteiger partial charge is 0.309 e. The van der Waals surface area contributed by atoms with E-state index in [4.69, 9.17) is 5.11 Å². The van der Waals surface area contributed by atoms with E-state index in [1.807, 2.05) is 6.92 Å². The van der Waals surface area contributed by atoms with Crippen LogP contribution in [-0.4, -0.2) is 11.1 Å². The molecule has 0 unspecified atom stereocenters. The summed E-state index contributed by atoms with van der Waals surface area (Å²) >= 11 is 0. The second-order valence-corrected chi connectivity index (χ2v) is 4.61. The van der Waals surface area contributed by atoms with Gasteiger partial charge >= 0.3 is 5.97 Å². The third kappa shape index (κ3) is 1.62. The fourth-order valence-corrected chi connectivity index (χ4v) is 2.05. The van der Waals surface area contributed by atoms with Gasteiger partial charge in [0.1, 0.15) is 0 Å². The minimum absolute atomic E-state index is 0.436. The SMILES string of the molecule is CC(C)[C@H]1CC[C@@](C)(C(=O)O)C1. The van der Waals surface area contributed by atoms with E-state index >= 15 is 0 Å². The number of hydrogen-bond acceptors (Lipinski definition) is 1. The Morgan fingerprint density at radius 2 is 2.17 bits per heavy atom. The molecule has 1 aliphatic carbocycles. The third-order valence-corrected chi connectivity index (χ3v) is 3.24. The highest BCUT2D eigenvalue weighted by atomic mass is 16.4. The first-order valence-corrected chi connectivity index (χ1v) is 4.69. The topological polar surface area (TPSA) is 37.3 Å². The number of hydrogen-bond donors (Lipinski definition) is 1. The summed E-state index contributed by atoms with van der Waals surface area (Å²) in [5.41, 5.74) is -0.436. The van der Waals surface area contributed by atoms with Crippen LogP contribution in [0.25, 0.3) is 0 Å². The van der Waals surface area contributed by atoms with Gasteiger partial charge in [0.2, 0.25) is 0 Å². The van der Waals surface area contributed by atoms with Crippen LogP contribution < -0.4 is 0 Å². The number of carbonyl (C=O) groups is 1. The molecule has 1 fully saturated rings. The van der Waals surface area contributed by atoms with Crippen molar-refractivity contribution < 1.29 is 9.90 Å². The minimum Gasteiger partial charge on any atom is -0.481 e. The number of carboxylic acids is 1. The molecule has 1 N–H and O–H groups in total. The Morgan fingerprint density at radius 1 is 1.58 bits per heavy atom. The molecule has 0 aromatic rings. The predicted molar refractivity (Wildman–Crippen MR) is 47.9 cm³/mol. The van der Waals surface area contributed by atoms with Gasteiger partial charge in [-0.2, -0.15) is 0 Å². The lowest BCUT2D eigenvalue weighted by atomic mass is 9.85. The largest absolute Gasteiger partial charge is 0.481 e. The Hall–Kier alpha value is -0.530.